The number of aryl methyl sites for hydroxylation is 2. The first kappa shape index (κ1) is 35.5. The number of hydrogen-bond donors (Lipinski definition) is 1. The molecule has 0 bridgehead atoms. The van der Waals surface area contributed by atoms with E-state index in [0.29, 0.717) is 6.42 Å². The summed E-state index contributed by atoms with van der Waals surface area (Å²) in [4.78, 5) is 12.2. The van der Waals surface area contributed by atoms with E-state index < -0.39 is 10.3 Å². The van der Waals surface area contributed by atoms with E-state index in [2.05, 4.69) is 73.7 Å². The fourth-order valence-corrected chi connectivity index (χ4v) is 7.06. The van der Waals surface area contributed by atoms with E-state index in [4.69, 9.17) is 14.2 Å². The van der Waals surface area contributed by atoms with Crippen molar-refractivity contribution in [3.63, 3.8) is 0 Å². The maximum absolute atomic E-state index is 12.2. The second kappa shape index (κ2) is 17.5. The number of aliphatic hydroxyl groups is 1. The molecule has 0 saturated heterocycles. The van der Waals surface area contributed by atoms with Crippen molar-refractivity contribution in [2.45, 2.75) is 95.8 Å². The number of ether oxygens (including phenoxy) is 3. The molecule has 0 spiro atoms. The fraction of sp³-hybridized carbons (Fsp3) is 0.500. The highest BCUT2D eigenvalue weighted by atomic mass is 32.2. The van der Waals surface area contributed by atoms with Crippen LogP contribution in [0.15, 0.2) is 66.7 Å². The lowest BCUT2D eigenvalue weighted by atomic mass is 9.82. The van der Waals surface area contributed by atoms with Crippen LogP contribution in [0.3, 0.4) is 0 Å². The number of benzene rings is 3. The summed E-state index contributed by atoms with van der Waals surface area (Å²) in [6, 6.07) is 24.1. The van der Waals surface area contributed by atoms with Gasteiger partial charge in [-0.25, -0.2) is 0 Å². The maximum Gasteiger partial charge on any atom is 0.306 e. The number of carbonyl (C=O) groups excluding carboxylic acids is 1. The maximum atomic E-state index is 12.2. The minimum atomic E-state index is -0.448. The zero-order valence-electron chi connectivity index (χ0n) is 27.6. The van der Waals surface area contributed by atoms with Gasteiger partial charge in [-0.15, -0.1) is 11.8 Å². The van der Waals surface area contributed by atoms with Gasteiger partial charge in [0.25, 0.3) is 0 Å². The number of rotatable bonds is 18. The summed E-state index contributed by atoms with van der Waals surface area (Å²) in [6.07, 6.45) is 8.08. The smallest absolute Gasteiger partial charge is 0.306 e. The predicted molar refractivity (Wildman–Crippen MR) is 183 cm³/mol. The molecule has 0 radical (unpaired) electrons. The summed E-state index contributed by atoms with van der Waals surface area (Å²) in [5.74, 6) is 2.58. The van der Waals surface area contributed by atoms with Gasteiger partial charge in [-0.2, -0.15) is 0 Å². The Morgan fingerprint density at radius 2 is 1.36 bits per heavy atom. The third kappa shape index (κ3) is 10.3. The molecule has 3 aromatic rings. The number of hydrogen-bond acceptors (Lipinski definition) is 6. The van der Waals surface area contributed by atoms with Gasteiger partial charge in [0.15, 0.2) is 0 Å². The second-order valence-corrected chi connectivity index (χ2v) is 13.7. The van der Waals surface area contributed by atoms with Crippen LogP contribution in [-0.4, -0.2) is 43.3 Å². The van der Waals surface area contributed by atoms with Crippen LogP contribution < -0.4 is 9.47 Å². The molecule has 44 heavy (non-hydrogen) atoms. The molecule has 0 aliphatic carbocycles. The minimum Gasteiger partial charge on any atom is -0.497 e. The number of carbonyl (C=O) groups is 1. The zero-order valence-corrected chi connectivity index (χ0v) is 28.4. The molecular formula is C38H52O5S. The molecule has 0 amide bonds. The molecule has 0 fully saturated rings. The SMILES string of the molecule is COc1ccc(C(SCCCCCCO)(c2ccc(C)cc2)c2ccc(OC)c(CCCCCC(=O)OC(C)(C)C)c2)cc1. The normalized spacial score (nSPS) is 12.9. The van der Waals surface area contributed by atoms with Gasteiger partial charge in [0, 0.05) is 13.0 Å². The Morgan fingerprint density at radius 3 is 1.98 bits per heavy atom. The Balaban J connectivity index is 1.96. The molecule has 5 nitrogen and oxygen atoms in total. The molecule has 0 aliphatic heterocycles. The van der Waals surface area contributed by atoms with E-state index in [1.807, 2.05) is 32.5 Å². The van der Waals surface area contributed by atoms with Crippen LogP contribution in [0.4, 0.5) is 0 Å². The third-order valence-electron chi connectivity index (χ3n) is 7.76. The van der Waals surface area contributed by atoms with Crippen LogP contribution in [0.1, 0.15) is 100.0 Å². The summed E-state index contributed by atoms with van der Waals surface area (Å²) in [6.45, 7) is 8.09. The predicted octanol–water partition coefficient (Wildman–Crippen LogP) is 9.03. The van der Waals surface area contributed by atoms with Crippen LogP contribution in [0.5, 0.6) is 11.5 Å². The van der Waals surface area contributed by atoms with Gasteiger partial charge in [0.2, 0.25) is 0 Å². The average Bonchev–Trinajstić information content (AvgIpc) is 3.00. The Bertz CT molecular complexity index is 1280. The lowest BCUT2D eigenvalue weighted by Crippen LogP contribution is -2.26. The Hall–Kier alpha value is -2.96. The first-order chi connectivity index (χ1) is 21.1. The van der Waals surface area contributed by atoms with Gasteiger partial charge in [-0.1, -0.05) is 73.4 Å². The molecule has 0 saturated carbocycles. The highest BCUT2D eigenvalue weighted by molar-refractivity contribution is 8.00. The van der Waals surface area contributed by atoms with Gasteiger partial charge < -0.3 is 19.3 Å². The second-order valence-electron chi connectivity index (χ2n) is 12.4. The van der Waals surface area contributed by atoms with E-state index in [1.54, 1.807) is 14.2 Å². The molecule has 0 heterocycles. The van der Waals surface area contributed by atoms with Gasteiger partial charge in [0.1, 0.15) is 17.1 Å². The molecule has 0 aromatic heterocycles. The summed E-state index contributed by atoms with van der Waals surface area (Å²) < 4.78 is 16.4. The molecule has 3 rings (SSSR count). The number of thioether (sulfide) groups is 1. The Labute approximate surface area is 269 Å². The van der Waals surface area contributed by atoms with Crippen molar-refractivity contribution in [1.29, 1.82) is 0 Å². The summed E-state index contributed by atoms with van der Waals surface area (Å²) in [7, 11) is 3.44. The van der Waals surface area contributed by atoms with E-state index >= 15 is 0 Å². The highest BCUT2D eigenvalue weighted by Gasteiger charge is 2.37. The van der Waals surface area contributed by atoms with Crippen molar-refractivity contribution in [2.75, 3.05) is 26.6 Å². The first-order valence-electron chi connectivity index (χ1n) is 16.0. The fourth-order valence-electron chi connectivity index (χ4n) is 5.50. The zero-order chi connectivity index (χ0) is 32.0. The number of aliphatic hydroxyl groups excluding tert-OH is 1. The molecular weight excluding hydrogens is 568 g/mol. The monoisotopic (exact) mass is 620 g/mol. The van der Waals surface area contributed by atoms with Crippen molar-refractivity contribution < 1.29 is 24.1 Å². The summed E-state index contributed by atoms with van der Waals surface area (Å²) in [5, 5.41) is 9.24. The van der Waals surface area contributed by atoms with Gasteiger partial charge in [0.05, 0.1) is 19.0 Å². The van der Waals surface area contributed by atoms with Crippen LogP contribution >= 0.6 is 11.8 Å². The lowest BCUT2D eigenvalue weighted by Gasteiger charge is -2.36. The van der Waals surface area contributed by atoms with Crippen molar-refractivity contribution >= 4 is 17.7 Å². The molecule has 0 aliphatic rings. The van der Waals surface area contributed by atoms with Crippen molar-refractivity contribution in [1.82, 2.24) is 0 Å². The standard InChI is InChI=1S/C38H52O5S/c1-29-16-18-31(19-17-29)38(44-27-13-8-7-12-26-39,32-20-23-34(41-5)24-21-32)33-22-25-35(42-6)30(28-33)14-10-9-11-15-36(40)43-37(2,3)4/h16-25,28,39H,7-15,26-27H2,1-6H3. The summed E-state index contributed by atoms with van der Waals surface area (Å²) >= 11 is 1.97. The molecule has 6 heteroatoms. The highest BCUT2D eigenvalue weighted by Crippen LogP contribution is 2.50. The molecule has 1 atom stereocenters. The van der Waals surface area contributed by atoms with Crippen molar-refractivity contribution in [3.8, 4) is 11.5 Å². The van der Waals surface area contributed by atoms with Crippen molar-refractivity contribution in [3.05, 3.63) is 94.5 Å². The number of esters is 1. The van der Waals surface area contributed by atoms with E-state index in [0.717, 1.165) is 68.6 Å². The van der Waals surface area contributed by atoms with Crippen LogP contribution in [0.25, 0.3) is 0 Å². The Morgan fingerprint density at radius 1 is 0.750 bits per heavy atom. The third-order valence-corrected chi connectivity index (χ3v) is 9.39. The van der Waals surface area contributed by atoms with Gasteiger partial charge in [-0.05, 0) is 106 Å². The van der Waals surface area contributed by atoms with E-state index in [9.17, 15) is 9.90 Å². The first-order valence-corrected chi connectivity index (χ1v) is 17.0. The van der Waals surface area contributed by atoms with Crippen molar-refractivity contribution in [2.24, 2.45) is 0 Å². The summed E-state index contributed by atoms with van der Waals surface area (Å²) in [5.41, 5.74) is 5.62. The molecule has 1 N–H and O–H groups in total. The molecule has 1 unspecified atom stereocenters. The van der Waals surface area contributed by atoms with Crippen LogP contribution in [0, 0.1) is 6.92 Å². The Kier molecular flexibility index (Phi) is 14.1. The van der Waals surface area contributed by atoms with Crippen LogP contribution in [0.2, 0.25) is 0 Å². The topological polar surface area (TPSA) is 65.0 Å². The number of unbranched alkanes of at least 4 members (excludes halogenated alkanes) is 5. The minimum absolute atomic E-state index is 0.132. The van der Waals surface area contributed by atoms with Crippen LogP contribution in [-0.2, 0) is 20.7 Å². The lowest BCUT2D eigenvalue weighted by molar-refractivity contribution is -0.154. The number of methoxy groups -OCH3 is 2. The van der Waals surface area contributed by atoms with Gasteiger partial charge in [-0.3, -0.25) is 4.79 Å². The largest absolute Gasteiger partial charge is 0.497 e. The molecule has 3 aromatic carbocycles. The van der Waals surface area contributed by atoms with Gasteiger partial charge >= 0.3 is 5.97 Å². The van der Waals surface area contributed by atoms with E-state index in [1.165, 1.54) is 27.8 Å². The average molecular weight is 621 g/mol. The quantitative estimate of drug-likeness (QED) is 0.0870. The molecule has 240 valence electrons. The van der Waals surface area contributed by atoms with E-state index in [-0.39, 0.29) is 12.6 Å².